The Morgan fingerprint density at radius 1 is 0.923 bits per heavy atom. The van der Waals surface area contributed by atoms with Crippen LogP contribution in [0.5, 0.6) is 0 Å². The van der Waals surface area contributed by atoms with Gasteiger partial charge in [0.25, 0.3) is 0 Å². The molecule has 0 aromatic rings. The third-order valence-corrected chi connectivity index (χ3v) is 4.38. The molecule has 1 amide bonds. The lowest BCUT2D eigenvalue weighted by atomic mass is 9.95. The molecular formula is C14H25NO11. The lowest BCUT2D eigenvalue weighted by molar-refractivity contribution is -0.341. The molecule has 2 saturated heterocycles. The molecule has 0 aromatic carbocycles. The quantitative estimate of drug-likeness (QED) is 0.226. The summed E-state index contributed by atoms with van der Waals surface area (Å²) in [6.45, 7) is -0.195. The molecule has 0 radical (unpaired) electrons. The van der Waals surface area contributed by atoms with Gasteiger partial charge in [-0.1, -0.05) is 0 Å². The van der Waals surface area contributed by atoms with E-state index in [4.69, 9.17) is 14.2 Å². The van der Waals surface area contributed by atoms with Gasteiger partial charge in [0.1, 0.15) is 48.8 Å². The predicted molar refractivity (Wildman–Crippen MR) is 80.2 cm³/mol. The van der Waals surface area contributed by atoms with E-state index >= 15 is 0 Å². The van der Waals surface area contributed by atoms with E-state index in [9.17, 15) is 40.5 Å². The summed E-state index contributed by atoms with van der Waals surface area (Å²) in [7, 11) is 0. The number of aliphatic hydroxyl groups excluding tert-OH is 7. The third kappa shape index (κ3) is 4.31. The lowest BCUT2D eigenvalue weighted by Crippen LogP contribution is -2.67. The molecule has 0 bridgehead atoms. The summed E-state index contributed by atoms with van der Waals surface area (Å²) in [4.78, 5) is 11.4. The van der Waals surface area contributed by atoms with Gasteiger partial charge in [0, 0.05) is 6.92 Å². The second-order valence-electron chi connectivity index (χ2n) is 6.26. The highest BCUT2D eigenvalue weighted by Gasteiger charge is 2.50. The maximum atomic E-state index is 11.4. The number of rotatable bonds is 5. The highest BCUT2D eigenvalue weighted by molar-refractivity contribution is 5.73. The minimum atomic E-state index is -1.74. The minimum Gasteiger partial charge on any atom is -0.394 e. The van der Waals surface area contributed by atoms with Crippen molar-refractivity contribution in [2.24, 2.45) is 0 Å². The first kappa shape index (κ1) is 21.4. The van der Waals surface area contributed by atoms with E-state index in [1.807, 2.05) is 0 Å². The van der Waals surface area contributed by atoms with Gasteiger partial charge in [-0.15, -0.1) is 0 Å². The summed E-state index contributed by atoms with van der Waals surface area (Å²) in [6, 6.07) is -1.28. The van der Waals surface area contributed by atoms with Crippen LogP contribution in [-0.4, -0.2) is 116 Å². The number of hydrogen-bond acceptors (Lipinski definition) is 11. The van der Waals surface area contributed by atoms with Crippen molar-refractivity contribution in [1.29, 1.82) is 0 Å². The van der Waals surface area contributed by atoms with Crippen LogP contribution in [0.3, 0.4) is 0 Å². The number of carbonyl (C=O) groups excluding carboxylic acids is 1. The molecule has 0 aliphatic carbocycles. The number of ether oxygens (including phenoxy) is 3. The normalized spacial score (nSPS) is 46.8. The van der Waals surface area contributed by atoms with Crippen molar-refractivity contribution in [3.8, 4) is 0 Å². The summed E-state index contributed by atoms with van der Waals surface area (Å²) in [6.07, 6.45) is -13.7. The highest BCUT2D eigenvalue weighted by Crippen LogP contribution is 2.28. The smallest absolute Gasteiger partial charge is 0.217 e. The molecule has 10 atom stereocenters. The number of carbonyl (C=O) groups is 1. The largest absolute Gasteiger partial charge is 0.394 e. The molecule has 152 valence electrons. The van der Waals surface area contributed by atoms with Crippen LogP contribution in [0.15, 0.2) is 0 Å². The molecule has 0 aromatic heterocycles. The molecule has 8 N–H and O–H groups in total. The van der Waals surface area contributed by atoms with E-state index in [-0.39, 0.29) is 0 Å². The molecule has 2 heterocycles. The Morgan fingerprint density at radius 3 is 2.04 bits per heavy atom. The summed E-state index contributed by atoms with van der Waals surface area (Å²) < 4.78 is 15.7. The SMILES string of the molecule is CC(=O)N[C@@H]1[C@@H](O[C@@H]2O[C@H](CO)[C@@H](O)[C@H](O)[C@H]2O)[C@@H](O)[C@@H](CO)O[C@H]1O. The zero-order valence-electron chi connectivity index (χ0n) is 14.0. The van der Waals surface area contributed by atoms with Crippen LogP contribution >= 0.6 is 0 Å². The van der Waals surface area contributed by atoms with Crippen LogP contribution < -0.4 is 5.32 Å². The van der Waals surface area contributed by atoms with E-state index < -0.39 is 80.5 Å². The van der Waals surface area contributed by atoms with Crippen molar-refractivity contribution in [1.82, 2.24) is 5.32 Å². The summed E-state index contributed by atoms with van der Waals surface area (Å²) >= 11 is 0. The van der Waals surface area contributed by atoms with Gasteiger partial charge < -0.3 is 55.3 Å². The van der Waals surface area contributed by atoms with Crippen LogP contribution in [0.25, 0.3) is 0 Å². The first-order chi connectivity index (χ1) is 12.2. The van der Waals surface area contributed by atoms with Crippen molar-refractivity contribution in [3.05, 3.63) is 0 Å². The Morgan fingerprint density at radius 2 is 1.50 bits per heavy atom. The third-order valence-electron chi connectivity index (χ3n) is 4.38. The fourth-order valence-corrected chi connectivity index (χ4v) is 2.97. The Bertz CT molecular complexity index is 478. The maximum absolute atomic E-state index is 11.4. The first-order valence-corrected chi connectivity index (χ1v) is 8.06. The van der Waals surface area contributed by atoms with Gasteiger partial charge >= 0.3 is 0 Å². The van der Waals surface area contributed by atoms with Crippen molar-refractivity contribution in [3.63, 3.8) is 0 Å². The molecule has 2 rings (SSSR count). The molecule has 12 heteroatoms. The fraction of sp³-hybridized carbons (Fsp3) is 0.929. The van der Waals surface area contributed by atoms with Crippen molar-refractivity contribution in [2.75, 3.05) is 13.2 Å². The summed E-state index contributed by atoms with van der Waals surface area (Å²) in [5, 5.41) is 70.7. The van der Waals surface area contributed by atoms with Gasteiger partial charge in [-0.3, -0.25) is 4.79 Å². The van der Waals surface area contributed by atoms with Gasteiger partial charge in [-0.25, -0.2) is 0 Å². The average Bonchev–Trinajstić information content (AvgIpc) is 2.60. The van der Waals surface area contributed by atoms with E-state index in [0.29, 0.717) is 0 Å². The van der Waals surface area contributed by atoms with Crippen molar-refractivity contribution >= 4 is 5.91 Å². The molecule has 2 aliphatic heterocycles. The maximum Gasteiger partial charge on any atom is 0.217 e. The number of aliphatic hydroxyl groups is 7. The summed E-state index contributed by atoms with van der Waals surface area (Å²) in [5.41, 5.74) is 0. The first-order valence-electron chi connectivity index (χ1n) is 8.06. The molecule has 0 unspecified atom stereocenters. The van der Waals surface area contributed by atoms with Crippen LogP contribution in [0, 0.1) is 0 Å². The molecule has 2 aliphatic rings. The van der Waals surface area contributed by atoms with Crippen molar-refractivity contribution in [2.45, 2.75) is 68.3 Å². The summed E-state index contributed by atoms with van der Waals surface area (Å²) in [5.74, 6) is -0.574. The zero-order valence-corrected chi connectivity index (χ0v) is 14.0. The topological polar surface area (TPSA) is 198 Å². The minimum absolute atomic E-state index is 0.574. The molecule has 0 spiro atoms. The van der Waals surface area contributed by atoms with Crippen molar-refractivity contribution < 1.29 is 54.8 Å². The number of amides is 1. The zero-order chi connectivity index (χ0) is 19.6. The number of hydrogen-bond donors (Lipinski definition) is 8. The molecule has 0 saturated carbocycles. The van der Waals surface area contributed by atoms with Gasteiger partial charge in [0.15, 0.2) is 12.6 Å². The van der Waals surface area contributed by atoms with Crippen LogP contribution in [-0.2, 0) is 19.0 Å². The predicted octanol–water partition coefficient (Wildman–Crippen LogP) is -5.25. The Labute approximate surface area is 148 Å². The number of nitrogens with one attached hydrogen (secondary N) is 1. The highest BCUT2D eigenvalue weighted by atomic mass is 16.7. The molecular weight excluding hydrogens is 358 g/mol. The Kier molecular flexibility index (Phi) is 7.27. The monoisotopic (exact) mass is 383 g/mol. The van der Waals surface area contributed by atoms with Gasteiger partial charge in [0.2, 0.25) is 5.91 Å². The average molecular weight is 383 g/mol. The fourth-order valence-electron chi connectivity index (χ4n) is 2.97. The molecule has 12 nitrogen and oxygen atoms in total. The van der Waals surface area contributed by atoms with E-state index in [1.54, 1.807) is 0 Å². The molecule has 26 heavy (non-hydrogen) atoms. The van der Waals surface area contributed by atoms with E-state index in [2.05, 4.69) is 5.32 Å². The van der Waals surface area contributed by atoms with E-state index in [0.717, 1.165) is 6.92 Å². The second-order valence-corrected chi connectivity index (χ2v) is 6.26. The van der Waals surface area contributed by atoms with Crippen LogP contribution in [0.4, 0.5) is 0 Å². The second kappa shape index (κ2) is 8.84. The molecule has 2 fully saturated rings. The Hall–Kier alpha value is -0.930. The lowest BCUT2D eigenvalue weighted by Gasteiger charge is -2.46. The van der Waals surface area contributed by atoms with Gasteiger partial charge in [0.05, 0.1) is 13.2 Å². The van der Waals surface area contributed by atoms with Gasteiger partial charge in [-0.05, 0) is 0 Å². The standard InChI is InChI=1S/C14H25NO11/c1-4(18)15-7-12(9(20)6(3-17)24-13(7)23)26-14-11(22)10(21)8(19)5(2-16)25-14/h5-14,16-17,19-23H,2-3H2,1H3,(H,15,18)/t5-,6-,7-,8-,9+,10+,11-,12-,13-,14+/m1/s1. The van der Waals surface area contributed by atoms with Crippen LogP contribution in [0.1, 0.15) is 6.92 Å². The Balaban J connectivity index is 2.21. The van der Waals surface area contributed by atoms with Gasteiger partial charge in [-0.2, -0.15) is 0 Å². The van der Waals surface area contributed by atoms with E-state index in [1.165, 1.54) is 0 Å². The van der Waals surface area contributed by atoms with Crippen LogP contribution in [0.2, 0.25) is 0 Å².